The van der Waals surface area contributed by atoms with Gasteiger partial charge in [0.05, 0.1) is 0 Å². The van der Waals surface area contributed by atoms with E-state index in [1.54, 1.807) is 0 Å². The Labute approximate surface area is 206 Å². The van der Waals surface area contributed by atoms with Crippen molar-refractivity contribution in [2.75, 3.05) is 0 Å². The Morgan fingerprint density at radius 3 is 0.857 bits per heavy atom. The van der Waals surface area contributed by atoms with Crippen LogP contribution in [-0.4, -0.2) is 130 Å². The van der Waals surface area contributed by atoms with Crippen LogP contribution in [0.2, 0.25) is 0 Å². The molecule has 0 atom stereocenters. The molecule has 0 aliphatic rings. The summed E-state index contributed by atoms with van der Waals surface area (Å²) >= 11 is 0. The van der Waals surface area contributed by atoms with E-state index in [4.69, 9.17) is 58.6 Å². The minimum atomic E-state index is -5.39. The van der Waals surface area contributed by atoms with Crippen LogP contribution in [0.3, 0.4) is 0 Å². The maximum absolute atomic E-state index is 9.00. The summed E-state index contributed by atoms with van der Waals surface area (Å²) < 4.78 is 17.1. The molecule has 20 heteroatoms. The zero-order chi connectivity index (χ0) is 16.2. The molecule has 0 saturated carbocycles. The Balaban J connectivity index is -0.0000000239. The van der Waals surface area contributed by atoms with Gasteiger partial charge in [-0.05, 0) is 0 Å². The number of hydrogen-bond donors (Lipinski definition) is 3. The Morgan fingerprint density at radius 1 is 0.857 bits per heavy atom. The van der Waals surface area contributed by atoms with Gasteiger partial charge in [-0.25, -0.2) is 4.79 Å². The zero-order valence-corrected chi connectivity index (χ0v) is 18.5. The van der Waals surface area contributed by atoms with E-state index in [1.165, 1.54) is 0 Å². The summed E-state index contributed by atoms with van der Waals surface area (Å²) in [5, 5.41) is 13.6. The van der Waals surface area contributed by atoms with E-state index in [0.29, 0.717) is 0 Å². The number of hydrogen-bond acceptors (Lipinski definition) is 11. The topological polar surface area (TPSA) is 305 Å². The van der Waals surface area contributed by atoms with E-state index in [1.807, 2.05) is 0 Å². The number of carbonyl (C=O) groups excluding carboxylic acids is 1. The van der Waals surface area contributed by atoms with Crippen LogP contribution in [-0.2, 0) is 9.13 Å². The van der Waals surface area contributed by atoms with Crippen molar-refractivity contribution >= 4 is 135 Å². The molecule has 0 rings (SSSR count). The van der Waals surface area contributed by atoms with Crippen molar-refractivity contribution < 1.29 is 53.6 Å². The molecule has 0 aromatic heterocycles. The molecule has 0 unspecified atom stereocenters. The molecule has 0 aromatic rings. The fourth-order valence-electron chi connectivity index (χ4n) is 0. The number of nitrogens with two attached hydrogens (primary N) is 2. The minimum Gasteiger partial charge on any atom is -0.822 e. The van der Waals surface area contributed by atoms with Gasteiger partial charge in [-0.1, -0.05) is 0 Å². The number of carbonyl (C=O) groups is 1. The summed E-state index contributed by atoms with van der Waals surface area (Å²) in [5.74, 6) is 0. The van der Waals surface area contributed by atoms with Crippen LogP contribution in [0.25, 0.3) is 0 Å². The average Bonchev–Trinajstić information content (AvgIpc) is 1.70. The van der Waals surface area contributed by atoms with Crippen molar-refractivity contribution in [1.29, 1.82) is 0 Å². The van der Waals surface area contributed by atoms with Gasteiger partial charge in [0.15, 0.2) is 0 Å². The van der Waals surface area contributed by atoms with Gasteiger partial charge in [-0.15, -0.1) is 10.1 Å². The van der Waals surface area contributed by atoms with Crippen molar-refractivity contribution in [3.8, 4) is 0 Å². The maximum Gasteiger partial charge on any atom is 2.00 e. The van der Waals surface area contributed by atoms with Gasteiger partial charge >= 0.3 is 119 Å². The molecule has 2 amide bonds. The molecule has 0 saturated heterocycles. The molecule has 0 aliphatic carbocycles. The largest absolute Gasteiger partial charge is 2.00 e. The van der Waals surface area contributed by atoms with Gasteiger partial charge in [-0.3, -0.25) is 0 Å². The van der Waals surface area contributed by atoms with E-state index in [-0.39, 0.29) is 113 Å². The molecule has 0 bridgehead atoms. The zero-order valence-electron chi connectivity index (χ0n) is 10.1. The Kier molecular flexibility index (Phi) is 51.4. The van der Waals surface area contributed by atoms with Gasteiger partial charge in [0.2, 0.25) is 0 Å². The number of primary amides is 2. The van der Waals surface area contributed by atoms with Gasteiger partial charge < -0.3 is 55.2 Å². The molecular formula is CH5Ca3N3O12P2. The van der Waals surface area contributed by atoms with Crippen molar-refractivity contribution in [3.05, 3.63) is 10.1 Å². The Bertz CT molecular complexity index is 269. The van der Waals surface area contributed by atoms with Crippen LogP contribution in [0.5, 0.6) is 0 Å². The van der Waals surface area contributed by atoms with E-state index < -0.39 is 26.8 Å². The van der Waals surface area contributed by atoms with Crippen molar-refractivity contribution in [2.24, 2.45) is 11.5 Å². The Hall–Kier alpha value is 2.47. The third-order valence-corrected chi connectivity index (χ3v) is 0. The third-order valence-electron chi connectivity index (χ3n) is 0. The SMILES string of the molecule is NC(N)=O.O=P([O-])([O-])[O-].O=P([O-])([O-])[O-].O=[N+]([O-])O.[Ca+2].[Ca+2].[Ca+2]. The molecule has 0 aliphatic heterocycles. The molecule has 15 nitrogen and oxygen atoms in total. The van der Waals surface area contributed by atoms with Gasteiger partial charge in [-0.2, -0.15) is 15.6 Å². The summed E-state index contributed by atoms with van der Waals surface area (Å²) in [7, 11) is -10.8. The quantitative estimate of drug-likeness (QED) is 0.139. The second-order valence-corrected chi connectivity index (χ2v) is 3.32. The number of amides is 2. The smallest absolute Gasteiger partial charge is 0.822 e. The van der Waals surface area contributed by atoms with Gasteiger partial charge in [0.1, 0.15) is 0 Å². The second-order valence-electron chi connectivity index (χ2n) is 1.53. The number of urea groups is 1. The first kappa shape index (κ1) is 43.7. The molecule has 0 aromatic carbocycles. The molecular weight excluding hydrogens is 428 g/mol. The van der Waals surface area contributed by atoms with Crippen molar-refractivity contribution in [2.45, 2.75) is 0 Å². The molecule has 0 heterocycles. The number of phosphoric acid groups is 2. The van der Waals surface area contributed by atoms with Gasteiger partial charge in [0.25, 0.3) is 5.09 Å². The third kappa shape index (κ3) is 1540. The summed E-state index contributed by atoms with van der Waals surface area (Å²) in [4.78, 5) is 68.7. The first-order valence-electron chi connectivity index (χ1n) is 2.81. The normalized spacial score (nSPS) is 7.90. The molecule has 21 heavy (non-hydrogen) atoms. The van der Waals surface area contributed by atoms with Gasteiger partial charge in [0, 0.05) is 0 Å². The van der Waals surface area contributed by atoms with Crippen LogP contribution >= 0.6 is 15.6 Å². The second kappa shape index (κ2) is 24.7. The average molecular weight is 433 g/mol. The molecule has 112 valence electrons. The summed E-state index contributed by atoms with van der Waals surface area (Å²) in [5.41, 5.74) is 8.50. The first-order chi connectivity index (χ1) is 7.46. The molecule has 0 spiro atoms. The Morgan fingerprint density at radius 2 is 0.857 bits per heavy atom. The van der Waals surface area contributed by atoms with E-state index in [9.17, 15) is 0 Å². The van der Waals surface area contributed by atoms with Crippen LogP contribution in [0.4, 0.5) is 4.79 Å². The minimum absolute atomic E-state index is 0. The first-order valence-corrected chi connectivity index (χ1v) is 5.73. The molecule has 0 fully saturated rings. The molecule has 0 radical (unpaired) electrons. The number of rotatable bonds is 0. The van der Waals surface area contributed by atoms with Crippen LogP contribution in [0.1, 0.15) is 0 Å². The van der Waals surface area contributed by atoms with Crippen LogP contribution < -0.4 is 40.8 Å². The predicted molar refractivity (Wildman–Crippen MR) is 55.0 cm³/mol. The van der Waals surface area contributed by atoms with E-state index in [2.05, 4.69) is 11.5 Å². The standard InChI is InChI=1S/CH4N2O.3Ca.HNO3.2H3O4P/c2-1(3)4;;;;2-1(3)4;2*1-5(2,3)4/h(H4,2,3,4);;;;(H,2,3,4);2*(H3,1,2,3,4)/q;3*+2;;;/p-6. The number of nitrogens with zero attached hydrogens (tertiary/aromatic N) is 1. The van der Waals surface area contributed by atoms with Crippen molar-refractivity contribution in [1.82, 2.24) is 0 Å². The van der Waals surface area contributed by atoms with E-state index in [0.717, 1.165) is 0 Å². The summed E-state index contributed by atoms with van der Waals surface area (Å²) in [6.45, 7) is 0. The fraction of sp³-hybridized carbons (Fsp3) is 0. The van der Waals surface area contributed by atoms with Crippen molar-refractivity contribution in [3.63, 3.8) is 0 Å². The van der Waals surface area contributed by atoms with Crippen LogP contribution in [0, 0.1) is 10.1 Å². The summed E-state index contributed by atoms with van der Waals surface area (Å²) in [6.07, 6.45) is 0. The van der Waals surface area contributed by atoms with Crippen LogP contribution in [0.15, 0.2) is 0 Å². The maximum atomic E-state index is 9.00. The predicted octanol–water partition coefficient (Wildman–Crippen LogP) is -8.12. The fourth-order valence-corrected chi connectivity index (χ4v) is 0. The molecule has 5 N–H and O–H groups in total. The monoisotopic (exact) mass is 433 g/mol. The van der Waals surface area contributed by atoms with E-state index >= 15 is 0 Å². The summed E-state index contributed by atoms with van der Waals surface area (Å²) in [6, 6.07) is -0.833.